The lowest BCUT2D eigenvalue weighted by Crippen LogP contribution is -2.22. The Morgan fingerprint density at radius 1 is 1.06 bits per heavy atom. The van der Waals surface area contributed by atoms with Crippen LogP contribution in [-0.4, -0.2) is 24.3 Å². The summed E-state index contributed by atoms with van der Waals surface area (Å²) in [5, 5.41) is 8.49. The molecule has 0 N–H and O–H groups in total. The highest BCUT2D eigenvalue weighted by Crippen LogP contribution is 2.24. The first-order valence-corrected chi connectivity index (χ1v) is 9.73. The largest absolute Gasteiger partial charge is 0.334 e. The molecule has 0 atom stereocenters. The van der Waals surface area contributed by atoms with Crippen LogP contribution < -0.4 is 5.56 Å². The maximum Gasteiger partial charge on any atom is 0.277 e. The van der Waals surface area contributed by atoms with Crippen LogP contribution in [0.4, 0.5) is 4.39 Å². The fourth-order valence-electron chi connectivity index (χ4n) is 3.50. The van der Waals surface area contributed by atoms with Crippen molar-refractivity contribution in [2.24, 2.45) is 0 Å². The van der Waals surface area contributed by atoms with Crippen LogP contribution >= 0.6 is 0 Å². The van der Waals surface area contributed by atoms with Gasteiger partial charge in [0.15, 0.2) is 5.82 Å². The first-order valence-electron chi connectivity index (χ1n) is 9.73. The van der Waals surface area contributed by atoms with Crippen LogP contribution in [0.15, 0.2) is 70.2 Å². The number of aromatic nitrogens is 5. The van der Waals surface area contributed by atoms with Gasteiger partial charge < -0.3 is 9.09 Å². The Bertz CT molecular complexity index is 1480. The van der Waals surface area contributed by atoms with E-state index in [0.717, 1.165) is 22.4 Å². The first kappa shape index (κ1) is 18.9. The topological polar surface area (TPSA) is 78.2 Å². The standard InChI is InChI=1S/C23H18FN5O2/c1-14-6-7-15(2)18(10-14)19-12-20-23(30)28(8-9-29(20)26-19)13-21-25-22(31-27-21)16-4-3-5-17(24)11-16/h3-12H,13H2,1-2H3. The molecule has 0 fully saturated rings. The third-order valence-corrected chi connectivity index (χ3v) is 5.12. The zero-order chi connectivity index (χ0) is 21.5. The molecule has 0 aliphatic heterocycles. The maximum atomic E-state index is 13.4. The Morgan fingerprint density at radius 2 is 1.94 bits per heavy atom. The second-order valence-corrected chi connectivity index (χ2v) is 7.44. The second kappa shape index (κ2) is 7.32. The van der Waals surface area contributed by atoms with E-state index in [2.05, 4.69) is 21.3 Å². The molecular weight excluding hydrogens is 397 g/mol. The maximum absolute atomic E-state index is 13.4. The summed E-state index contributed by atoms with van der Waals surface area (Å²) in [6.45, 7) is 4.16. The minimum Gasteiger partial charge on any atom is -0.334 e. The summed E-state index contributed by atoms with van der Waals surface area (Å²) in [5.41, 5.74) is 4.66. The van der Waals surface area contributed by atoms with E-state index >= 15 is 0 Å². The van der Waals surface area contributed by atoms with Gasteiger partial charge in [-0.05, 0) is 49.7 Å². The Hall–Kier alpha value is -4.07. The van der Waals surface area contributed by atoms with Gasteiger partial charge in [0.2, 0.25) is 0 Å². The van der Waals surface area contributed by atoms with E-state index < -0.39 is 0 Å². The van der Waals surface area contributed by atoms with Crippen molar-refractivity contribution >= 4 is 5.52 Å². The smallest absolute Gasteiger partial charge is 0.277 e. The van der Waals surface area contributed by atoms with Crippen molar-refractivity contribution in [3.05, 3.63) is 94.0 Å². The quantitative estimate of drug-likeness (QED) is 0.443. The third kappa shape index (κ3) is 3.52. The summed E-state index contributed by atoms with van der Waals surface area (Å²) in [7, 11) is 0. The van der Waals surface area contributed by atoms with Gasteiger partial charge >= 0.3 is 0 Å². The zero-order valence-corrected chi connectivity index (χ0v) is 16.9. The number of hydrogen-bond donors (Lipinski definition) is 0. The highest BCUT2D eigenvalue weighted by Gasteiger charge is 2.14. The monoisotopic (exact) mass is 415 g/mol. The van der Waals surface area contributed by atoms with Gasteiger partial charge in [0.25, 0.3) is 11.4 Å². The van der Waals surface area contributed by atoms with E-state index in [9.17, 15) is 9.18 Å². The Balaban J connectivity index is 1.48. The fraction of sp³-hybridized carbons (Fsp3) is 0.130. The van der Waals surface area contributed by atoms with E-state index in [0.29, 0.717) is 16.9 Å². The van der Waals surface area contributed by atoms with Crippen LogP contribution in [0.3, 0.4) is 0 Å². The molecule has 7 nitrogen and oxygen atoms in total. The van der Waals surface area contributed by atoms with Crippen LogP contribution in [0.2, 0.25) is 0 Å². The van der Waals surface area contributed by atoms with Crippen LogP contribution in [-0.2, 0) is 6.54 Å². The Labute approximate surface area is 176 Å². The summed E-state index contributed by atoms with van der Waals surface area (Å²) in [6.07, 6.45) is 3.35. The summed E-state index contributed by atoms with van der Waals surface area (Å²) in [5.74, 6) is 0.129. The fourth-order valence-corrected chi connectivity index (χ4v) is 3.50. The van der Waals surface area contributed by atoms with Crippen molar-refractivity contribution in [3.63, 3.8) is 0 Å². The van der Waals surface area contributed by atoms with Gasteiger partial charge in [0.05, 0.1) is 12.2 Å². The van der Waals surface area contributed by atoms with Crippen molar-refractivity contribution in [2.45, 2.75) is 20.4 Å². The van der Waals surface area contributed by atoms with Crippen LogP contribution in [0, 0.1) is 19.7 Å². The number of nitrogens with zero attached hydrogens (tertiary/aromatic N) is 5. The number of halogens is 1. The minimum absolute atomic E-state index is 0.123. The summed E-state index contributed by atoms with van der Waals surface area (Å²) in [4.78, 5) is 17.3. The first-order chi connectivity index (χ1) is 15.0. The molecular formula is C23H18FN5O2. The zero-order valence-electron chi connectivity index (χ0n) is 16.9. The highest BCUT2D eigenvalue weighted by atomic mass is 19.1. The van der Waals surface area contributed by atoms with Crippen molar-refractivity contribution < 1.29 is 8.91 Å². The molecule has 154 valence electrons. The van der Waals surface area contributed by atoms with E-state index in [1.807, 2.05) is 26.0 Å². The Kier molecular flexibility index (Phi) is 4.47. The summed E-state index contributed by atoms with van der Waals surface area (Å²) >= 11 is 0. The lowest BCUT2D eigenvalue weighted by molar-refractivity contribution is 0.420. The molecule has 0 aliphatic rings. The van der Waals surface area contributed by atoms with Gasteiger partial charge in [0, 0.05) is 23.5 Å². The molecule has 0 spiro atoms. The van der Waals surface area contributed by atoms with Gasteiger partial charge in [0.1, 0.15) is 11.3 Å². The molecule has 3 heterocycles. The molecule has 0 aliphatic carbocycles. The SMILES string of the molecule is Cc1ccc(C)c(-c2cc3c(=O)n(Cc4noc(-c5cccc(F)c5)n4)ccn3n2)c1. The van der Waals surface area contributed by atoms with Gasteiger partial charge in [-0.3, -0.25) is 4.79 Å². The lowest BCUT2D eigenvalue weighted by Gasteiger charge is -2.03. The van der Waals surface area contributed by atoms with Crippen molar-refractivity contribution in [2.75, 3.05) is 0 Å². The summed E-state index contributed by atoms with van der Waals surface area (Å²) in [6, 6.07) is 13.8. The van der Waals surface area contributed by atoms with Crippen LogP contribution in [0.25, 0.3) is 28.2 Å². The molecule has 0 unspecified atom stereocenters. The van der Waals surface area contributed by atoms with E-state index in [1.54, 1.807) is 35.1 Å². The van der Waals surface area contributed by atoms with E-state index in [-0.39, 0.29) is 23.8 Å². The average Bonchev–Trinajstić information content (AvgIpc) is 3.39. The molecule has 5 aromatic rings. The van der Waals surface area contributed by atoms with Crippen molar-refractivity contribution in [3.8, 4) is 22.7 Å². The molecule has 0 amide bonds. The van der Waals surface area contributed by atoms with Crippen molar-refractivity contribution in [1.82, 2.24) is 24.3 Å². The van der Waals surface area contributed by atoms with E-state index in [4.69, 9.17) is 4.52 Å². The molecule has 5 rings (SSSR count). The van der Waals surface area contributed by atoms with Gasteiger partial charge in [-0.15, -0.1) is 0 Å². The third-order valence-electron chi connectivity index (χ3n) is 5.12. The minimum atomic E-state index is -0.390. The molecule has 31 heavy (non-hydrogen) atoms. The van der Waals surface area contributed by atoms with Gasteiger partial charge in [-0.1, -0.05) is 28.9 Å². The number of benzene rings is 2. The second-order valence-electron chi connectivity index (χ2n) is 7.44. The van der Waals surface area contributed by atoms with Gasteiger partial charge in [-0.25, -0.2) is 8.91 Å². The number of fused-ring (bicyclic) bond motifs is 1. The van der Waals surface area contributed by atoms with Crippen molar-refractivity contribution in [1.29, 1.82) is 0 Å². The van der Waals surface area contributed by atoms with E-state index in [1.165, 1.54) is 16.7 Å². The highest BCUT2D eigenvalue weighted by molar-refractivity contribution is 5.69. The molecule has 0 radical (unpaired) electrons. The van der Waals surface area contributed by atoms with Crippen LogP contribution in [0.5, 0.6) is 0 Å². The number of aryl methyl sites for hydroxylation is 2. The predicted octanol–water partition coefficient (Wildman–Crippen LogP) is 4.02. The number of hydrogen-bond acceptors (Lipinski definition) is 5. The lowest BCUT2D eigenvalue weighted by atomic mass is 10.0. The number of rotatable bonds is 4. The normalized spacial score (nSPS) is 11.3. The molecule has 0 saturated carbocycles. The molecule has 3 aromatic heterocycles. The van der Waals surface area contributed by atoms with Gasteiger partial charge in [-0.2, -0.15) is 10.1 Å². The molecule has 2 aromatic carbocycles. The average molecular weight is 415 g/mol. The summed E-state index contributed by atoms with van der Waals surface area (Å²) < 4.78 is 21.7. The molecule has 0 bridgehead atoms. The predicted molar refractivity (Wildman–Crippen MR) is 113 cm³/mol. The Morgan fingerprint density at radius 3 is 2.77 bits per heavy atom. The molecule has 0 saturated heterocycles. The molecule has 8 heteroatoms. The van der Waals surface area contributed by atoms with Crippen LogP contribution in [0.1, 0.15) is 17.0 Å².